The Morgan fingerprint density at radius 3 is 2.27 bits per heavy atom. The number of allylic oxidation sites excluding steroid dienone is 1. The second-order valence-electron chi connectivity index (χ2n) is 4.31. The lowest BCUT2D eigenvalue weighted by molar-refractivity contribution is -0.117. The highest BCUT2D eigenvalue weighted by Crippen LogP contribution is 2.50. The van der Waals surface area contributed by atoms with E-state index >= 15 is 0 Å². The van der Waals surface area contributed by atoms with Gasteiger partial charge in [0, 0.05) is 5.69 Å². The molecule has 0 unspecified atom stereocenters. The van der Waals surface area contributed by atoms with Crippen molar-refractivity contribution < 1.29 is 4.79 Å². The zero-order valence-electron chi connectivity index (χ0n) is 8.92. The number of carbonyl (C=O) groups excluding carboxylic acids is 1. The van der Waals surface area contributed by atoms with Crippen LogP contribution in [0.1, 0.15) is 25.3 Å². The number of nitrogen functional groups attached to an aromatic ring is 1. The van der Waals surface area contributed by atoms with Gasteiger partial charge in [-0.25, -0.2) is 0 Å². The molecule has 1 aromatic rings. The molecule has 1 fully saturated rings. The number of hydrogen-bond donors (Lipinski definition) is 1. The molecule has 1 saturated carbocycles. The van der Waals surface area contributed by atoms with Crippen LogP contribution in [-0.2, 0) is 10.2 Å². The maximum Gasteiger partial charge on any atom is 0.168 e. The molecule has 0 atom stereocenters. The monoisotopic (exact) mass is 201 g/mol. The van der Waals surface area contributed by atoms with Gasteiger partial charge in [0.1, 0.15) is 0 Å². The van der Waals surface area contributed by atoms with Crippen molar-refractivity contribution in [3.05, 3.63) is 42.0 Å². The highest BCUT2D eigenvalue weighted by atomic mass is 16.1. The van der Waals surface area contributed by atoms with Gasteiger partial charge in [-0.05, 0) is 43.0 Å². The lowest BCUT2D eigenvalue weighted by Gasteiger charge is -2.14. The number of carbonyl (C=O) groups is 1. The van der Waals surface area contributed by atoms with Crippen molar-refractivity contribution in [1.29, 1.82) is 0 Å². The summed E-state index contributed by atoms with van der Waals surface area (Å²) in [6.07, 6.45) is 1.87. The molecular formula is C13H15NO. The Morgan fingerprint density at radius 2 is 1.87 bits per heavy atom. The number of nitrogens with two attached hydrogens (primary N) is 1. The molecule has 2 heteroatoms. The van der Waals surface area contributed by atoms with Gasteiger partial charge < -0.3 is 5.73 Å². The first-order valence-electron chi connectivity index (χ1n) is 5.12. The van der Waals surface area contributed by atoms with Crippen LogP contribution >= 0.6 is 0 Å². The summed E-state index contributed by atoms with van der Waals surface area (Å²) in [5, 5.41) is 0. The molecule has 1 aliphatic rings. The number of benzene rings is 1. The Morgan fingerprint density at radius 1 is 1.33 bits per heavy atom. The van der Waals surface area contributed by atoms with E-state index in [-0.39, 0.29) is 11.2 Å². The van der Waals surface area contributed by atoms with Gasteiger partial charge in [0.15, 0.2) is 5.78 Å². The molecule has 0 heterocycles. The van der Waals surface area contributed by atoms with E-state index in [4.69, 9.17) is 5.73 Å². The minimum Gasteiger partial charge on any atom is -0.399 e. The second-order valence-corrected chi connectivity index (χ2v) is 4.31. The van der Waals surface area contributed by atoms with Crippen molar-refractivity contribution in [2.45, 2.75) is 25.2 Å². The van der Waals surface area contributed by atoms with Crippen LogP contribution in [0.3, 0.4) is 0 Å². The number of ketones is 1. The highest BCUT2D eigenvalue weighted by Gasteiger charge is 2.50. The van der Waals surface area contributed by atoms with Gasteiger partial charge in [-0.2, -0.15) is 0 Å². The third-order valence-electron chi connectivity index (χ3n) is 3.04. The van der Waals surface area contributed by atoms with Crippen molar-refractivity contribution >= 4 is 11.5 Å². The zero-order chi connectivity index (χ0) is 11.1. The first kappa shape index (κ1) is 9.97. The van der Waals surface area contributed by atoms with Crippen LogP contribution < -0.4 is 5.73 Å². The molecule has 78 valence electrons. The SMILES string of the molecule is C=C(C)C(=O)C1(c2ccc(N)cc2)CC1. The minimum absolute atomic E-state index is 0.173. The third kappa shape index (κ3) is 1.56. The second kappa shape index (κ2) is 3.23. The molecule has 1 aromatic carbocycles. The summed E-state index contributed by atoms with van der Waals surface area (Å²) in [5.74, 6) is 0.173. The molecule has 0 spiro atoms. The quantitative estimate of drug-likeness (QED) is 0.603. The average molecular weight is 201 g/mol. The summed E-state index contributed by atoms with van der Waals surface area (Å²) in [7, 11) is 0. The predicted molar refractivity (Wildman–Crippen MR) is 61.6 cm³/mol. The minimum atomic E-state index is -0.278. The van der Waals surface area contributed by atoms with E-state index in [1.165, 1.54) is 0 Å². The average Bonchev–Trinajstić information content (AvgIpc) is 2.99. The van der Waals surface area contributed by atoms with E-state index in [2.05, 4.69) is 6.58 Å². The van der Waals surface area contributed by atoms with Crippen LogP contribution in [-0.4, -0.2) is 5.78 Å². The standard InChI is InChI=1S/C13H15NO/c1-9(2)12(15)13(7-8-13)10-3-5-11(14)6-4-10/h3-6H,1,7-8,14H2,2H3. The Kier molecular flexibility index (Phi) is 2.14. The fourth-order valence-electron chi connectivity index (χ4n) is 1.98. The molecule has 2 nitrogen and oxygen atoms in total. The summed E-state index contributed by atoms with van der Waals surface area (Å²) < 4.78 is 0. The number of anilines is 1. The van der Waals surface area contributed by atoms with Gasteiger partial charge in [0.05, 0.1) is 5.41 Å². The van der Waals surface area contributed by atoms with Crippen molar-refractivity contribution in [3.8, 4) is 0 Å². The van der Waals surface area contributed by atoms with E-state index in [1.807, 2.05) is 24.3 Å². The van der Waals surface area contributed by atoms with Gasteiger partial charge in [-0.15, -0.1) is 0 Å². The number of rotatable bonds is 3. The Labute approximate surface area is 89.8 Å². The first-order valence-corrected chi connectivity index (χ1v) is 5.12. The van der Waals surface area contributed by atoms with Gasteiger partial charge >= 0.3 is 0 Å². The Bertz CT molecular complexity index is 413. The van der Waals surface area contributed by atoms with Crippen molar-refractivity contribution in [3.63, 3.8) is 0 Å². The lowest BCUT2D eigenvalue weighted by Crippen LogP contribution is -2.20. The lowest BCUT2D eigenvalue weighted by atomic mass is 9.88. The molecule has 2 rings (SSSR count). The van der Waals surface area contributed by atoms with Crippen LogP contribution in [0.2, 0.25) is 0 Å². The highest BCUT2D eigenvalue weighted by molar-refractivity contribution is 6.04. The summed E-state index contributed by atoms with van der Waals surface area (Å²) in [6, 6.07) is 7.59. The van der Waals surface area contributed by atoms with Crippen molar-refractivity contribution in [1.82, 2.24) is 0 Å². The normalized spacial score (nSPS) is 17.1. The summed E-state index contributed by atoms with van der Waals surface area (Å²) >= 11 is 0. The van der Waals surface area contributed by atoms with E-state index in [1.54, 1.807) is 6.92 Å². The van der Waals surface area contributed by atoms with Crippen LogP contribution in [0.5, 0.6) is 0 Å². The van der Waals surface area contributed by atoms with Crippen molar-refractivity contribution in [2.24, 2.45) is 0 Å². The van der Waals surface area contributed by atoms with Crippen LogP contribution in [0, 0.1) is 0 Å². The largest absolute Gasteiger partial charge is 0.399 e. The van der Waals surface area contributed by atoms with Crippen molar-refractivity contribution in [2.75, 3.05) is 5.73 Å². The number of hydrogen-bond acceptors (Lipinski definition) is 2. The molecule has 0 amide bonds. The van der Waals surface area contributed by atoms with Gasteiger partial charge in [0.25, 0.3) is 0 Å². The fourth-order valence-corrected chi connectivity index (χ4v) is 1.98. The smallest absolute Gasteiger partial charge is 0.168 e. The van der Waals surface area contributed by atoms with Gasteiger partial charge in [0.2, 0.25) is 0 Å². The van der Waals surface area contributed by atoms with E-state index in [0.29, 0.717) is 5.57 Å². The summed E-state index contributed by atoms with van der Waals surface area (Å²) in [6.45, 7) is 5.51. The molecule has 0 saturated heterocycles. The van der Waals surface area contributed by atoms with Crippen LogP contribution in [0.4, 0.5) is 5.69 Å². The molecule has 0 bridgehead atoms. The molecule has 0 aliphatic heterocycles. The zero-order valence-corrected chi connectivity index (χ0v) is 8.92. The Hall–Kier alpha value is -1.57. The molecule has 0 radical (unpaired) electrons. The van der Waals surface area contributed by atoms with E-state index in [9.17, 15) is 4.79 Å². The molecule has 1 aliphatic carbocycles. The van der Waals surface area contributed by atoms with Gasteiger partial charge in [-0.3, -0.25) is 4.79 Å². The maximum atomic E-state index is 12.0. The van der Waals surface area contributed by atoms with Gasteiger partial charge in [-0.1, -0.05) is 18.7 Å². The molecule has 15 heavy (non-hydrogen) atoms. The third-order valence-corrected chi connectivity index (χ3v) is 3.04. The molecular weight excluding hydrogens is 186 g/mol. The number of Topliss-reactive ketones (excluding diaryl/α,β-unsaturated/α-hetero) is 1. The molecule has 0 aromatic heterocycles. The maximum absolute atomic E-state index is 12.0. The summed E-state index contributed by atoms with van der Waals surface area (Å²) in [4.78, 5) is 12.0. The predicted octanol–water partition coefficient (Wildman–Crippen LogP) is 2.45. The van der Waals surface area contributed by atoms with Crippen LogP contribution in [0.15, 0.2) is 36.4 Å². The molecule has 2 N–H and O–H groups in total. The summed E-state index contributed by atoms with van der Waals surface area (Å²) in [5.41, 5.74) is 7.80. The first-order chi connectivity index (χ1) is 7.06. The van der Waals surface area contributed by atoms with E-state index in [0.717, 1.165) is 24.1 Å². The Balaban J connectivity index is 2.34. The van der Waals surface area contributed by atoms with Crippen LogP contribution in [0.25, 0.3) is 0 Å². The van der Waals surface area contributed by atoms with E-state index < -0.39 is 0 Å². The topological polar surface area (TPSA) is 43.1 Å². The fraction of sp³-hybridized carbons (Fsp3) is 0.308.